The van der Waals surface area contributed by atoms with E-state index < -0.39 is 0 Å². The lowest BCUT2D eigenvalue weighted by atomic mass is 9.99. The minimum absolute atomic E-state index is 0.434. The second-order valence-electron chi connectivity index (χ2n) is 6.21. The number of aromatic amines is 1. The topological polar surface area (TPSA) is 70.8 Å². The van der Waals surface area contributed by atoms with Gasteiger partial charge in [0.15, 0.2) is 5.82 Å². The van der Waals surface area contributed by atoms with E-state index in [9.17, 15) is 0 Å². The highest BCUT2D eigenvalue weighted by Gasteiger charge is 2.25. The van der Waals surface area contributed by atoms with E-state index in [0.717, 1.165) is 30.0 Å². The van der Waals surface area contributed by atoms with Gasteiger partial charge in [-0.2, -0.15) is 10.1 Å². The molecule has 1 aliphatic rings. The van der Waals surface area contributed by atoms with Crippen LogP contribution in [0.25, 0.3) is 11.5 Å². The third-order valence-electron chi connectivity index (χ3n) is 4.38. The first-order chi connectivity index (χ1) is 11.2. The van der Waals surface area contributed by atoms with Gasteiger partial charge in [-0.1, -0.05) is 30.3 Å². The minimum atomic E-state index is 0.434. The Morgan fingerprint density at radius 3 is 3.09 bits per heavy atom. The molecule has 0 aliphatic carbocycles. The average molecular weight is 309 g/mol. The molecule has 0 radical (unpaired) electrons. The number of hydrogen-bond donors (Lipinski definition) is 1. The normalized spacial score (nSPS) is 18.1. The molecule has 118 valence electrons. The second-order valence-corrected chi connectivity index (χ2v) is 6.21. The van der Waals surface area contributed by atoms with Gasteiger partial charge >= 0.3 is 0 Å². The third kappa shape index (κ3) is 2.66. The van der Waals surface area contributed by atoms with Crippen LogP contribution < -0.4 is 0 Å². The minimum Gasteiger partial charge on any atom is -0.334 e. The smallest absolute Gasteiger partial charge is 0.258 e. The Balaban J connectivity index is 1.52. The van der Waals surface area contributed by atoms with Crippen molar-refractivity contribution in [3.05, 3.63) is 53.1 Å². The van der Waals surface area contributed by atoms with Crippen molar-refractivity contribution in [2.24, 2.45) is 0 Å². The number of rotatable bonds is 3. The Morgan fingerprint density at radius 2 is 2.22 bits per heavy atom. The van der Waals surface area contributed by atoms with E-state index in [1.54, 1.807) is 0 Å². The molecule has 6 nitrogen and oxygen atoms in total. The first-order valence-electron chi connectivity index (χ1n) is 7.84. The molecule has 0 spiro atoms. The molecule has 23 heavy (non-hydrogen) atoms. The van der Waals surface area contributed by atoms with E-state index in [2.05, 4.69) is 32.2 Å². The summed E-state index contributed by atoms with van der Waals surface area (Å²) in [7, 11) is 0. The predicted molar refractivity (Wildman–Crippen MR) is 85.6 cm³/mol. The maximum atomic E-state index is 5.45. The number of benzene rings is 1. The molecular formula is C17H19N5O. The molecule has 4 rings (SSSR count). The molecule has 1 N–H and O–H groups in total. The van der Waals surface area contributed by atoms with Gasteiger partial charge in [0.1, 0.15) is 0 Å². The molecular weight excluding hydrogens is 290 g/mol. The number of fused-ring (bicyclic) bond motifs is 1. The first kappa shape index (κ1) is 14.1. The quantitative estimate of drug-likeness (QED) is 0.805. The van der Waals surface area contributed by atoms with Crippen LogP contribution in [0.3, 0.4) is 0 Å². The lowest BCUT2D eigenvalue weighted by Crippen LogP contribution is -2.32. The van der Waals surface area contributed by atoms with E-state index in [0.29, 0.717) is 18.4 Å². The van der Waals surface area contributed by atoms with Crippen molar-refractivity contribution in [1.29, 1.82) is 0 Å². The summed E-state index contributed by atoms with van der Waals surface area (Å²) in [6, 6.07) is 8.05. The largest absolute Gasteiger partial charge is 0.334 e. The van der Waals surface area contributed by atoms with Crippen molar-refractivity contribution in [2.45, 2.75) is 32.9 Å². The van der Waals surface area contributed by atoms with E-state index in [1.807, 2.05) is 37.4 Å². The molecule has 0 amide bonds. The Bertz CT molecular complexity index is 822. The van der Waals surface area contributed by atoms with Gasteiger partial charge in [-0.15, -0.1) is 0 Å². The van der Waals surface area contributed by atoms with Crippen LogP contribution in [0.5, 0.6) is 0 Å². The van der Waals surface area contributed by atoms with Crippen LogP contribution in [0, 0.1) is 6.92 Å². The fraction of sp³-hybridized carbons (Fsp3) is 0.353. The number of aromatic nitrogens is 4. The van der Waals surface area contributed by atoms with Gasteiger partial charge in [-0.05, 0) is 18.6 Å². The van der Waals surface area contributed by atoms with E-state index in [1.165, 1.54) is 11.3 Å². The van der Waals surface area contributed by atoms with Crippen LogP contribution >= 0.6 is 0 Å². The summed E-state index contributed by atoms with van der Waals surface area (Å²) in [6.45, 7) is 6.77. The molecule has 0 saturated heterocycles. The molecule has 1 atom stereocenters. The molecule has 6 heteroatoms. The Morgan fingerprint density at radius 1 is 1.35 bits per heavy atom. The summed E-state index contributed by atoms with van der Waals surface area (Å²) in [4.78, 5) is 6.89. The molecule has 1 aromatic carbocycles. The second kappa shape index (κ2) is 5.62. The third-order valence-corrected chi connectivity index (χ3v) is 4.38. The Labute approximate surface area is 134 Å². The van der Waals surface area contributed by atoms with Crippen LogP contribution in [-0.2, 0) is 13.1 Å². The zero-order valence-corrected chi connectivity index (χ0v) is 13.3. The Kier molecular flexibility index (Phi) is 3.46. The van der Waals surface area contributed by atoms with Crippen molar-refractivity contribution < 1.29 is 4.52 Å². The number of hydrogen-bond acceptors (Lipinski definition) is 5. The van der Waals surface area contributed by atoms with Crippen molar-refractivity contribution >= 4 is 0 Å². The summed E-state index contributed by atoms with van der Waals surface area (Å²) >= 11 is 0. The Hall–Kier alpha value is -2.47. The van der Waals surface area contributed by atoms with E-state index >= 15 is 0 Å². The van der Waals surface area contributed by atoms with Crippen LogP contribution in [0.2, 0.25) is 0 Å². The first-order valence-corrected chi connectivity index (χ1v) is 7.84. The highest BCUT2D eigenvalue weighted by atomic mass is 16.5. The summed E-state index contributed by atoms with van der Waals surface area (Å²) in [6.07, 6.45) is 1.91. The van der Waals surface area contributed by atoms with Crippen molar-refractivity contribution in [1.82, 2.24) is 25.2 Å². The van der Waals surface area contributed by atoms with E-state index in [4.69, 9.17) is 4.52 Å². The molecule has 0 bridgehead atoms. The molecule has 3 heterocycles. The van der Waals surface area contributed by atoms with Gasteiger partial charge in [-0.25, -0.2) is 0 Å². The van der Waals surface area contributed by atoms with Crippen molar-refractivity contribution in [2.75, 3.05) is 6.54 Å². The number of nitrogens with zero attached hydrogens (tertiary/aromatic N) is 4. The maximum absolute atomic E-state index is 5.45. The van der Waals surface area contributed by atoms with Crippen LogP contribution in [-0.4, -0.2) is 31.8 Å². The van der Waals surface area contributed by atoms with Gasteiger partial charge < -0.3 is 4.52 Å². The highest BCUT2D eigenvalue weighted by Crippen LogP contribution is 2.27. The van der Waals surface area contributed by atoms with Crippen molar-refractivity contribution in [3.8, 4) is 11.5 Å². The summed E-state index contributed by atoms with van der Waals surface area (Å²) in [5, 5.41) is 11.4. The fourth-order valence-corrected chi connectivity index (χ4v) is 3.22. The standard InChI is InChI=1S/C17H19N5O/c1-11-5-3-4-6-14(11)17-19-15(21-23-17)10-22-8-12(2)16-13(9-22)7-18-20-16/h3-7,12H,8-10H2,1-2H3,(H,18,20). The number of H-pyrrole nitrogens is 1. The molecule has 2 aromatic heterocycles. The van der Waals surface area contributed by atoms with E-state index in [-0.39, 0.29) is 0 Å². The molecule has 1 aliphatic heterocycles. The molecule has 0 fully saturated rings. The van der Waals surface area contributed by atoms with Crippen LogP contribution in [0.1, 0.15) is 35.5 Å². The van der Waals surface area contributed by atoms with Gasteiger partial charge in [0.2, 0.25) is 0 Å². The zero-order valence-electron chi connectivity index (χ0n) is 13.3. The zero-order chi connectivity index (χ0) is 15.8. The molecule has 3 aromatic rings. The highest BCUT2D eigenvalue weighted by molar-refractivity contribution is 5.57. The maximum Gasteiger partial charge on any atom is 0.258 e. The van der Waals surface area contributed by atoms with Crippen LogP contribution in [0.15, 0.2) is 35.0 Å². The van der Waals surface area contributed by atoms with Crippen LogP contribution in [0.4, 0.5) is 0 Å². The molecule has 1 unspecified atom stereocenters. The SMILES string of the molecule is Cc1ccccc1-c1nc(CN2Cc3cn[nH]c3C(C)C2)no1. The lowest BCUT2D eigenvalue weighted by molar-refractivity contribution is 0.217. The van der Waals surface area contributed by atoms with Crippen molar-refractivity contribution in [3.63, 3.8) is 0 Å². The molecule has 0 saturated carbocycles. The van der Waals surface area contributed by atoms with Gasteiger partial charge in [0.25, 0.3) is 5.89 Å². The monoisotopic (exact) mass is 309 g/mol. The number of nitrogens with one attached hydrogen (secondary N) is 1. The number of aryl methyl sites for hydroxylation is 1. The lowest BCUT2D eigenvalue weighted by Gasteiger charge is -2.29. The summed E-state index contributed by atoms with van der Waals surface area (Å²) in [5.41, 5.74) is 4.63. The predicted octanol–water partition coefficient (Wildman–Crippen LogP) is 2.89. The van der Waals surface area contributed by atoms with Gasteiger partial charge in [0, 0.05) is 35.8 Å². The van der Waals surface area contributed by atoms with Gasteiger partial charge in [-0.3, -0.25) is 10.00 Å². The van der Waals surface area contributed by atoms with Gasteiger partial charge in [0.05, 0.1) is 12.7 Å². The summed E-state index contributed by atoms with van der Waals surface area (Å²) < 4.78 is 5.45. The average Bonchev–Trinajstić information content (AvgIpc) is 3.17. The summed E-state index contributed by atoms with van der Waals surface area (Å²) in [5.74, 6) is 1.75. The fourth-order valence-electron chi connectivity index (χ4n) is 3.22.